The lowest BCUT2D eigenvalue weighted by atomic mass is 9.82. The Hall–Kier alpha value is -0.0800. The van der Waals surface area contributed by atoms with Gasteiger partial charge in [0, 0.05) is 24.2 Å². The molecule has 0 bridgehead atoms. The Kier molecular flexibility index (Phi) is 6.55. The lowest BCUT2D eigenvalue weighted by Gasteiger charge is -2.47. The highest BCUT2D eigenvalue weighted by atomic mass is 15.2. The van der Waals surface area contributed by atoms with Crippen LogP contribution >= 0.6 is 0 Å². The van der Waals surface area contributed by atoms with E-state index in [1.807, 2.05) is 0 Å². The second kappa shape index (κ2) is 7.97. The van der Waals surface area contributed by atoms with Crippen molar-refractivity contribution in [1.29, 1.82) is 0 Å². The molecule has 0 amide bonds. The zero-order chi connectivity index (χ0) is 15.4. The molecule has 0 aromatic heterocycles. The highest BCUT2D eigenvalue weighted by Gasteiger charge is 2.33. The second-order valence-corrected chi connectivity index (χ2v) is 7.98. The third kappa shape index (κ3) is 4.45. The second-order valence-electron chi connectivity index (χ2n) is 7.98. The van der Waals surface area contributed by atoms with Crippen molar-refractivity contribution < 1.29 is 0 Å². The van der Waals surface area contributed by atoms with E-state index < -0.39 is 0 Å². The lowest BCUT2D eigenvalue weighted by Crippen LogP contribution is -2.53. The van der Waals surface area contributed by atoms with E-state index in [9.17, 15) is 0 Å². The minimum Gasteiger partial charge on any atom is -0.301 e. The Labute approximate surface area is 133 Å². The molecule has 0 spiro atoms. The molecule has 2 heteroatoms. The zero-order valence-electron chi connectivity index (χ0n) is 15.1. The van der Waals surface area contributed by atoms with Crippen molar-refractivity contribution in [2.75, 3.05) is 13.1 Å². The summed E-state index contributed by atoms with van der Waals surface area (Å²) in [6.45, 7) is 14.5. The van der Waals surface area contributed by atoms with Crippen LogP contribution in [0.3, 0.4) is 0 Å². The summed E-state index contributed by atoms with van der Waals surface area (Å²) in [5.74, 6) is 1.01. The van der Waals surface area contributed by atoms with Gasteiger partial charge in [-0.25, -0.2) is 0 Å². The average molecular weight is 295 g/mol. The van der Waals surface area contributed by atoms with Crippen LogP contribution < -0.4 is 0 Å². The Bertz CT molecular complexity index is 284. The first-order valence-electron chi connectivity index (χ1n) is 9.54. The first-order chi connectivity index (χ1) is 10.0. The number of likely N-dealkylation sites (tertiary alicyclic amines) is 1. The molecule has 1 heterocycles. The third-order valence-corrected chi connectivity index (χ3v) is 6.06. The quantitative estimate of drug-likeness (QED) is 0.734. The van der Waals surface area contributed by atoms with Crippen LogP contribution in [0.4, 0.5) is 0 Å². The average Bonchev–Trinajstić information content (AvgIpc) is 2.48. The van der Waals surface area contributed by atoms with Gasteiger partial charge < -0.3 is 4.90 Å². The molecule has 0 aromatic carbocycles. The van der Waals surface area contributed by atoms with Crippen LogP contribution in [-0.2, 0) is 0 Å². The molecule has 1 aliphatic carbocycles. The molecule has 0 aromatic rings. The van der Waals surface area contributed by atoms with E-state index in [4.69, 9.17) is 0 Å². The van der Waals surface area contributed by atoms with Crippen LogP contribution in [0.2, 0.25) is 0 Å². The highest BCUT2D eigenvalue weighted by molar-refractivity contribution is 4.89. The lowest BCUT2D eigenvalue weighted by molar-refractivity contribution is 0.0207. The van der Waals surface area contributed by atoms with Crippen molar-refractivity contribution >= 4 is 0 Å². The maximum atomic E-state index is 2.91. The molecular weight excluding hydrogens is 256 g/mol. The van der Waals surface area contributed by atoms with Gasteiger partial charge in [0.2, 0.25) is 0 Å². The fourth-order valence-electron chi connectivity index (χ4n) is 4.69. The van der Waals surface area contributed by atoms with Crippen molar-refractivity contribution in [3.63, 3.8) is 0 Å². The van der Waals surface area contributed by atoms with Gasteiger partial charge in [0.05, 0.1) is 0 Å². The van der Waals surface area contributed by atoms with Crippen LogP contribution in [0, 0.1) is 5.92 Å². The molecule has 2 nitrogen and oxygen atoms in total. The van der Waals surface area contributed by atoms with Crippen molar-refractivity contribution in [2.24, 2.45) is 5.92 Å². The standard InChI is InChI=1S/C19H38N2/c1-6-17-7-9-18(10-8-17)21(16(4)5)19-11-13-20(14-12-19)15(2)3/h15-19H,6-14H2,1-5H3. The maximum absolute atomic E-state index is 2.91. The van der Waals surface area contributed by atoms with Gasteiger partial charge in [-0.15, -0.1) is 0 Å². The number of hydrogen-bond donors (Lipinski definition) is 0. The van der Waals surface area contributed by atoms with Crippen LogP contribution in [0.25, 0.3) is 0 Å². The molecule has 2 rings (SSSR count). The topological polar surface area (TPSA) is 6.48 Å². The molecular formula is C19H38N2. The normalized spacial score (nSPS) is 29.7. The number of piperidine rings is 1. The minimum atomic E-state index is 0.712. The maximum Gasteiger partial charge on any atom is 0.0125 e. The molecule has 0 unspecified atom stereocenters. The predicted octanol–water partition coefficient (Wildman–Crippen LogP) is 4.54. The monoisotopic (exact) mass is 294 g/mol. The summed E-state index contributed by atoms with van der Waals surface area (Å²) in [5, 5.41) is 0. The Morgan fingerprint density at radius 3 is 1.81 bits per heavy atom. The molecule has 1 saturated heterocycles. The van der Waals surface area contributed by atoms with Crippen LogP contribution in [0.1, 0.15) is 79.6 Å². The summed E-state index contributed by atoms with van der Waals surface area (Å²) in [6, 6.07) is 3.13. The molecule has 21 heavy (non-hydrogen) atoms. The molecule has 124 valence electrons. The molecule has 2 aliphatic rings. The van der Waals surface area contributed by atoms with Gasteiger partial charge in [-0.2, -0.15) is 0 Å². The smallest absolute Gasteiger partial charge is 0.0125 e. The van der Waals surface area contributed by atoms with E-state index in [2.05, 4.69) is 44.4 Å². The van der Waals surface area contributed by atoms with Gasteiger partial charge >= 0.3 is 0 Å². The molecule has 1 saturated carbocycles. The van der Waals surface area contributed by atoms with Crippen LogP contribution in [-0.4, -0.2) is 47.1 Å². The number of hydrogen-bond acceptors (Lipinski definition) is 2. The van der Waals surface area contributed by atoms with Gasteiger partial charge in [-0.3, -0.25) is 4.90 Å². The highest BCUT2D eigenvalue weighted by Crippen LogP contribution is 2.33. The molecule has 1 aliphatic heterocycles. The van der Waals surface area contributed by atoms with E-state index in [0.717, 1.165) is 24.0 Å². The van der Waals surface area contributed by atoms with Crippen molar-refractivity contribution in [1.82, 2.24) is 9.80 Å². The summed E-state index contributed by atoms with van der Waals surface area (Å²) in [7, 11) is 0. The first kappa shape index (κ1) is 17.3. The first-order valence-corrected chi connectivity index (χ1v) is 9.54. The van der Waals surface area contributed by atoms with E-state index in [-0.39, 0.29) is 0 Å². The zero-order valence-corrected chi connectivity index (χ0v) is 15.1. The van der Waals surface area contributed by atoms with Crippen LogP contribution in [0.5, 0.6) is 0 Å². The van der Waals surface area contributed by atoms with E-state index in [1.165, 1.54) is 58.0 Å². The molecule has 2 fully saturated rings. The van der Waals surface area contributed by atoms with Crippen molar-refractivity contribution in [3.05, 3.63) is 0 Å². The van der Waals surface area contributed by atoms with E-state index >= 15 is 0 Å². The molecule has 0 radical (unpaired) electrons. The Morgan fingerprint density at radius 1 is 0.857 bits per heavy atom. The molecule has 0 atom stereocenters. The van der Waals surface area contributed by atoms with Gasteiger partial charge in [-0.1, -0.05) is 13.3 Å². The summed E-state index contributed by atoms with van der Waals surface area (Å²) in [4.78, 5) is 5.56. The van der Waals surface area contributed by atoms with Gasteiger partial charge in [0.25, 0.3) is 0 Å². The van der Waals surface area contributed by atoms with Crippen molar-refractivity contribution in [3.8, 4) is 0 Å². The summed E-state index contributed by atoms with van der Waals surface area (Å²) in [5.41, 5.74) is 0. The fraction of sp³-hybridized carbons (Fsp3) is 1.00. The SMILES string of the molecule is CCC1CCC(N(C(C)C)C2CCN(C(C)C)CC2)CC1. The van der Waals surface area contributed by atoms with Gasteiger partial charge in [-0.05, 0) is 85.2 Å². The van der Waals surface area contributed by atoms with Gasteiger partial charge in [0.15, 0.2) is 0 Å². The summed E-state index contributed by atoms with van der Waals surface area (Å²) < 4.78 is 0. The third-order valence-electron chi connectivity index (χ3n) is 6.06. The number of nitrogens with zero attached hydrogens (tertiary/aromatic N) is 2. The number of rotatable bonds is 5. The fourth-order valence-corrected chi connectivity index (χ4v) is 4.69. The van der Waals surface area contributed by atoms with Crippen molar-refractivity contribution in [2.45, 2.75) is 104 Å². The minimum absolute atomic E-state index is 0.712. The summed E-state index contributed by atoms with van der Waals surface area (Å²) in [6.07, 6.45) is 9.97. The predicted molar refractivity (Wildman–Crippen MR) is 92.7 cm³/mol. The summed E-state index contributed by atoms with van der Waals surface area (Å²) >= 11 is 0. The van der Waals surface area contributed by atoms with Crippen LogP contribution in [0.15, 0.2) is 0 Å². The Morgan fingerprint density at radius 2 is 1.38 bits per heavy atom. The van der Waals surface area contributed by atoms with Gasteiger partial charge in [0.1, 0.15) is 0 Å². The molecule has 0 N–H and O–H groups in total. The largest absolute Gasteiger partial charge is 0.301 e. The van der Waals surface area contributed by atoms with E-state index in [1.54, 1.807) is 0 Å². The Balaban J connectivity index is 1.91. The van der Waals surface area contributed by atoms with E-state index in [0.29, 0.717) is 6.04 Å².